The summed E-state index contributed by atoms with van der Waals surface area (Å²) in [6, 6.07) is 0. The number of nitrogens with one attached hydrogen (secondary N) is 1. The fraction of sp³-hybridized carbons (Fsp3) is 0.923. The molecule has 1 aliphatic carbocycles. The Bertz CT molecular complexity index is 253. The third kappa shape index (κ3) is 2.57. The minimum absolute atomic E-state index is 0.0368. The average molecular weight is 225 g/mol. The molecule has 0 spiro atoms. The van der Waals surface area contributed by atoms with Crippen molar-refractivity contribution in [3.8, 4) is 0 Å². The molecule has 0 aromatic heterocycles. The van der Waals surface area contributed by atoms with Crippen LogP contribution in [0.4, 0.5) is 0 Å². The molecule has 0 radical (unpaired) electrons. The average Bonchev–Trinajstić information content (AvgIpc) is 2.15. The minimum Gasteiger partial charge on any atom is -0.459 e. The summed E-state index contributed by atoms with van der Waals surface area (Å²) in [4.78, 5) is 11.8. The van der Waals surface area contributed by atoms with E-state index in [1.807, 2.05) is 0 Å². The second kappa shape index (κ2) is 4.74. The van der Waals surface area contributed by atoms with Gasteiger partial charge in [-0.05, 0) is 52.6 Å². The number of carbonyl (C=O) groups is 1. The SMILES string of the molecule is CC(C)(OC(=O)C1CCC1)C1CCNCC1. The van der Waals surface area contributed by atoms with Gasteiger partial charge in [-0.3, -0.25) is 4.79 Å². The Labute approximate surface area is 97.9 Å². The van der Waals surface area contributed by atoms with Crippen molar-refractivity contribution in [3.63, 3.8) is 0 Å². The molecule has 0 unspecified atom stereocenters. The second-order valence-electron chi connectivity index (χ2n) is 5.68. The maximum atomic E-state index is 11.8. The third-order valence-electron chi connectivity index (χ3n) is 4.12. The highest BCUT2D eigenvalue weighted by molar-refractivity contribution is 5.73. The van der Waals surface area contributed by atoms with Gasteiger partial charge in [-0.2, -0.15) is 0 Å². The van der Waals surface area contributed by atoms with E-state index in [4.69, 9.17) is 4.74 Å². The molecule has 16 heavy (non-hydrogen) atoms. The first kappa shape index (κ1) is 11.9. The van der Waals surface area contributed by atoms with Gasteiger partial charge in [0, 0.05) is 5.92 Å². The lowest BCUT2D eigenvalue weighted by atomic mass is 9.82. The first-order chi connectivity index (χ1) is 7.59. The van der Waals surface area contributed by atoms with Crippen LogP contribution in [0.1, 0.15) is 46.0 Å². The molecule has 2 aliphatic rings. The molecular formula is C13H23NO2. The Morgan fingerprint density at radius 1 is 1.19 bits per heavy atom. The van der Waals surface area contributed by atoms with Gasteiger partial charge in [0.1, 0.15) is 5.60 Å². The predicted molar refractivity (Wildman–Crippen MR) is 63.1 cm³/mol. The first-order valence-electron chi connectivity index (χ1n) is 6.53. The number of piperidine rings is 1. The summed E-state index contributed by atoms with van der Waals surface area (Å²) in [6.45, 7) is 6.24. The van der Waals surface area contributed by atoms with Crippen LogP contribution in [0.5, 0.6) is 0 Å². The van der Waals surface area contributed by atoms with Crippen LogP contribution in [0, 0.1) is 11.8 Å². The smallest absolute Gasteiger partial charge is 0.309 e. The summed E-state index contributed by atoms with van der Waals surface area (Å²) in [7, 11) is 0. The van der Waals surface area contributed by atoms with Crippen molar-refractivity contribution in [2.75, 3.05) is 13.1 Å². The van der Waals surface area contributed by atoms with E-state index in [-0.39, 0.29) is 17.5 Å². The van der Waals surface area contributed by atoms with Gasteiger partial charge in [0.05, 0.1) is 5.92 Å². The Balaban J connectivity index is 1.87. The van der Waals surface area contributed by atoms with E-state index in [2.05, 4.69) is 19.2 Å². The Kier molecular flexibility index (Phi) is 3.53. The van der Waals surface area contributed by atoms with Gasteiger partial charge in [-0.1, -0.05) is 6.42 Å². The molecular weight excluding hydrogens is 202 g/mol. The lowest BCUT2D eigenvalue weighted by molar-refractivity contribution is -0.170. The van der Waals surface area contributed by atoms with E-state index in [1.54, 1.807) is 0 Å². The molecule has 92 valence electrons. The maximum Gasteiger partial charge on any atom is 0.309 e. The molecule has 1 saturated carbocycles. The summed E-state index contributed by atoms with van der Waals surface area (Å²) in [6.07, 6.45) is 5.48. The van der Waals surface area contributed by atoms with Gasteiger partial charge < -0.3 is 10.1 Å². The molecule has 0 atom stereocenters. The van der Waals surface area contributed by atoms with Crippen LogP contribution in [-0.2, 0) is 9.53 Å². The van der Waals surface area contributed by atoms with Crippen LogP contribution >= 0.6 is 0 Å². The van der Waals surface area contributed by atoms with Crippen LogP contribution in [0.2, 0.25) is 0 Å². The molecule has 1 N–H and O–H groups in total. The Morgan fingerprint density at radius 3 is 2.31 bits per heavy atom. The highest BCUT2D eigenvalue weighted by Crippen LogP contribution is 2.33. The number of esters is 1. The van der Waals surface area contributed by atoms with E-state index in [1.165, 1.54) is 6.42 Å². The van der Waals surface area contributed by atoms with Crippen molar-refractivity contribution in [2.24, 2.45) is 11.8 Å². The molecule has 1 saturated heterocycles. The standard InChI is InChI=1S/C13H23NO2/c1-13(2,11-6-8-14-9-7-11)16-12(15)10-4-3-5-10/h10-11,14H,3-9H2,1-2H3. The lowest BCUT2D eigenvalue weighted by Crippen LogP contribution is -2.44. The number of ether oxygens (including phenoxy) is 1. The fourth-order valence-electron chi connectivity index (χ4n) is 2.59. The van der Waals surface area contributed by atoms with Gasteiger partial charge >= 0.3 is 5.97 Å². The van der Waals surface area contributed by atoms with Crippen molar-refractivity contribution in [1.82, 2.24) is 5.32 Å². The predicted octanol–water partition coefficient (Wildman–Crippen LogP) is 2.11. The quantitative estimate of drug-likeness (QED) is 0.748. The lowest BCUT2D eigenvalue weighted by Gasteiger charge is -2.38. The van der Waals surface area contributed by atoms with E-state index in [9.17, 15) is 4.79 Å². The van der Waals surface area contributed by atoms with E-state index < -0.39 is 0 Å². The van der Waals surface area contributed by atoms with Crippen LogP contribution < -0.4 is 5.32 Å². The molecule has 0 aromatic rings. The van der Waals surface area contributed by atoms with Crippen molar-refractivity contribution in [1.29, 1.82) is 0 Å². The van der Waals surface area contributed by atoms with Gasteiger partial charge in [0.25, 0.3) is 0 Å². The van der Waals surface area contributed by atoms with E-state index >= 15 is 0 Å². The molecule has 0 aromatic carbocycles. The monoisotopic (exact) mass is 225 g/mol. The number of hydrogen-bond acceptors (Lipinski definition) is 3. The molecule has 1 heterocycles. The van der Waals surface area contributed by atoms with Crippen molar-refractivity contribution in [3.05, 3.63) is 0 Å². The molecule has 0 bridgehead atoms. The highest BCUT2D eigenvalue weighted by atomic mass is 16.6. The van der Waals surface area contributed by atoms with Gasteiger partial charge in [-0.25, -0.2) is 0 Å². The van der Waals surface area contributed by atoms with E-state index in [0.717, 1.165) is 38.8 Å². The first-order valence-corrected chi connectivity index (χ1v) is 6.53. The number of hydrogen-bond donors (Lipinski definition) is 1. The zero-order chi connectivity index (χ0) is 11.6. The van der Waals surface area contributed by atoms with Crippen LogP contribution in [0.25, 0.3) is 0 Å². The summed E-state index contributed by atoms with van der Waals surface area (Å²) < 4.78 is 5.71. The zero-order valence-corrected chi connectivity index (χ0v) is 10.4. The topological polar surface area (TPSA) is 38.3 Å². The normalized spacial score (nSPS) is 23.9. The maximum absolute atomic E-state index is 11.8. The molecule has 0 amide bonds. The Hall–Kier alpha value is -0.570. The summed E-state index contributed by atoms with van der Waals surface area (Å²) in [5.41, 5.74) is -0.283. The minimum atomic E-state index is -0.283. The van der Waals surface area contributed by atoms with E-state index in [0.29, 0.717) is 5.92 Å². The largest absolute Gasteiger partial charge is 0.459 e. The second-order valence-corrected chi connectivity index (χ2v) is 5.68. The molecule has 3 heteroatoms. The molecule has 2 rings (SSSR count). The van der Waals surface area contributed by atoms with Gasteiger partial charge in [0.15, 0.2) is 0 Å². The van der Waals surface area contributed by atoms with Crippen molar-refractivity contribution >= 4 is 5.97 Å². The summed E-state index contributed by atoms with van der Waals surface area (Å²) in [5, 5.41) is 3.34. The third-order valence-corrected chi connectivity index (χ3v) is 4.12. The van der Waals surface area contributed by atoms with Gasteiger partial charge in [0.2, 0.25) is 0 Å². The molecule has 2 fully saturated rings. The van der Waals surface area contributed by atoms with Crippen LogP contribution in [-0.4, -0.2) is 24.7 Å². The number of carbonyl (C=O) groups excluding carboxylic acids is 1. The van der Waals surface area contributed by atoms with Crippen molar-refractivity contribution in [2.45, 2.75) is 51.6 Å². The Morgan fingerprint density at radius 2 is 1.81 bits per heavy atom. The summed E-state index contributed by atoms with van der Waals surface area (Å²) >= 11 is 0. The molecule has 1 aliphatic heterocycles. The number of rotatable bonds is 3. The summed E-state index contributed by atoms with van der Waals surface area (Å²) in [5.74, 6) is 0.744. The zero-order valence-electron chi connectivity index (χ0n) is 10.4. The van der Waals surface area contributed by atoms with Crippen molar-refractivity contribution < 1.29 is 9.53 Å². The van der Waals surface area contributed by atoms with Crippen LogP contribution in [0.3, 0.4) is 0 Å². The highest BCUT2D eigenvalue weighted by Gasteiger charge is 2.37. The van der Waals surface area contributed by atoms with Gasteiger partial charge in [-0.15, -0.1) is 0 Å². The fourth-order valence-corrected chi connectivity index (χ4v) is 2.59. The molecule has 3 nitrogen and oxygen atoms in total. The van der Waals surface area contributed by atoms with Crippen LogP contribution in [0.15, 0.2) is 0 Å².